The van der Waals surface area contributed by atoms with E-state index in [-0.39, 0.29) is 0 Å². The van der Waals surface area contributed by atoms with Crippen LogP contribution in [0.5, 0.6) is 0 Å². The molecule has 0 fully saturated rings. The zero-order valence-electron chi connectivity index (χ0n) is 15.4. The quantitative estimate of drug-likeness (QED) is 0.152. The van der Waals surface area contributed by atoms with Crippen LogP contribution in [0.4, 0.5) is 17.6 Å². The monoisotopic (exact) mass is 545 g/mol. The van der Waals surface area contributed by atoms with Gasteiger partial charge in [0.15, 0.2) is 0 Å². The van der Waals surface area contributed by atoms with E-state index in [1.807, 2.05) is 24.3 Å². The molecule has 1 amide bonds. The summed E-state index contributed by atoms with van der Waals surface area (Å²) >= 11 is 2.58. The SMILES string of the molecule is O=C(NC(CI)c1ccc(-c2ccc(SC(F)F)cc2)cc1)c1c(F)cccc1F. The van der Waals surface area contributed by atoms with Crippen molar-refractivity contribution in [2.24, 2.45) is 0 Å². The summed E-state index contributed by atoms with van der Waals surface area (Å²) in [4.78, 5) is 12.9. The van der Waals surface area contributed by atoms with Crippen molar-refractivity contribution < 1.29 is 22.4 Å². The third-order valence-electron chi connectivity index (χ3n) is 4.38. The molecule has 0 saturated heterocycles. The highest BCUT2D eigenvalue weighted by molar-refractivity contribution is 14.1. The minimum absolute atomic E-state index is 0.434. The van der Waals surface area contributed by atoms with Gasteiger partial charge in [0.2, 0.25) is 0 Å². The predicted molar refractivity (Wildman–Crippen MR) is 119 cm³/mol. The van der Waals surface area contributed by atoms with Crippen molar-refractivity contribution in [2.75, 3.05) is 4.43 Å². The first-order valence-corrected chi connectivity index (χ1v) is 11.3. The topological polar surface area (TPSA) is 29.1 Å². The molecule has 3 aromatic carbocycles. The van der Waals surface area contributed by atoms with Crippen LogP contribution in [0.1, 0.15) is 22.0 Å². The van der Waals surface area contributed by atoms with Gasteiger partial charge in [-0.25, -0.2) is 8.78 Å². The number of amides is 1. The molecule has 0 bridgehead atoms. The molecule has 2 nitrogen and oxygen atoms in total. The van der Waals surface area contributed by atoms with Crippen molar-refractivity contribution in [3.63, 3.8) is 0 Å². The van der Waals surface area contributed by atoms with Crippen LogP contribution in [0.25, 0.3) is 11.1 Å². The van der Waals surface area contributed by atoms with E-state index in [2.05, 4.69) is 27.9 Å². The van der Waals surface area contributed by atoms with Crippen molar-refractivity contribution in [1.82, 2.24) is 5.32 Å². The number of carbonyl (C=O) groups excluding carboxylic acids is 1. The van der Waals surface area contributed by atoms with Gasteiger partial charge >= 0.3 is 0 Å². The maximum atomic E-state index is 13.9. The molecule has 1 unspecified atom stereocenters. The van der Waals surface area contributed by atoms with Gasteiger partial charge in [0.25, 0.3) is 11.7 Å². The Hall–Kier alpha value is -2.07. The minimum Gasteiger partial charge on any atom is -0.344 e. The average Bonchev–Trinajstić information content (AvgIpc) is 2.72. The number of carbonyl (C=O) groups is 1. The van der Waals surface area contributed by atoms with Crippen LogP contribution >= 0.6 is 34.4 Å². The lowest BCUT2D eigenvalue weighted by Gasteiger charge is -2.18. The number of thioether (sulfide) groups is 1. The van der Waals surface area contributed by atoms with E-state index in [0.29, 0.717) is 21.1 Å². The van der Waals surface area contributed by atoms with Crippen molar-refractivity contribution in [3.8, 4) is 11.1 Å². The van der Waals surface area contributed by atoms with E-state index < -0.39 is 34.9 Å². The van der Waals surface area contributed by atoms with E-state index in [0.717, 1.165) is 28.8 Å². The van der Waals surface area contributed by atoms with E-state index in [4.69, 9.17) is 0 Å². The predicted octanol–water partition coefficient (Wildman–Crippen LogP) is 6.85. The molecule has 156 valence electrons. The molecule has 1 N–H and O–H groups in total. The molecule has 3 rings (SSSR count). The molecular weight excluding hydrogens is 529 g/mol. The van der Waals surface area contributed by atoms with Crippen molar-refractivity contribution in [2.45, 2.75) is 16.7 Å². The van der Waals surface area contributed by atoms with Crippen LogP contribution in [0.15, 0.2) is 71.6 Å². The molecule has 30 heavy (non-hydrogen) atoms. The zero-order chi connectivity index (χ0) is 21.7. The third-order valence-corrected chi connectivity index (χ3v) is 5.98. The van der Waals surface area contributed by atoms with Crippen molar-refractivity contribution in [1.29, 1.82) is 0 Å². The summed E-state index contributed by atoms with van der Waals surface area (Å²) in [5.74, 6) is -5.11. The summed E-state index contributed by atoms with van der Waals surface area (Å²) in [7, 11) is 0. The Morgan fingerprint density at radius 3 is 1.93 bits per heavy atom. The molecular formula is C22H16F4INOS. The molecule has 0 radical (unpaired) electrons. The fraction of sp³-hybridized carbons (Fsp3) is 0.136. The van der Waals surface area contributed by atoms with Gasteiger partial charge in [-0.1, -0.05) is 76.8 Å². The fourth-order valence-corrected chi connectivity index (χ4v) is 4.12. The molecule has 0 aliphatic carbocycles. The van der Waals surface area contributed by atoms with Crippen LogP contribution in [-0.4, -0.2) is 16.1 Å². The van der Waals surface area contributed by atoms with Gasteiger partial charge in [-0.2, -0.15) is 8.78 Å². The van der Waals surface area contributed by atoms with Crippen LogP contribution in [0.3, 0.4) is 0 Å². The number of halogens is 5. The Bertz CT molecular complexity index is 992. The highest BCUT2D eigenvalue weighted by Crippen LogP contribution is 2.29. The van der Waals surface area contributed by atoms with Gasteiger partial charge < -0.3 is 5.32 Å². The van der Waals surface area contributed by atoms with Gasteiger partial charge in [-0.05, 0) is 41.0 Å². The van der Waals surface area contributed by atoms with Gasteiger partial charge in [-0.15, -0.1) is 0 Å². The normalized spacial score (nSPS) is 12.1. The summed E-state index contributed by atoms with van der Waals surface area (Å²) in [6, 6.07) is 17.0. The van der Waals surface area contributed by atoms with Gasteiger partial charge in [0, 0.05) is 9.32 Å². The first-order valence-electron chi connectivity index (χ1n) is 8.85. The smallest absolute Gasteiger partial charge is 0.288 e. The van der Waals surface area contributed by atoms with E-state index in [1.54, 1.807) is 24.3 Å². The maximum absolute atomic E-state index is 13.9. The van der Waals surface area contributed by atoms with Crippen LogP contribution in [0, 0.1) is 11.6 Å². The Balaban J connectivity index is 1.74. The van der Waals surface area contributed by atoms with E-state index in [1.165, 1.54) is 6.07 Å². The third kappa shape index (κ3) is 5.54. The lowest BCUT2D eigenvalue weighted by Crippen LogP contribution is -2.30. The summed E-state index contributed by atoms with van der Waals surface area (Å²) in [5, 5.41) is 2.67. The minimum atomic E-state index is -2.46. The summed E-state index contributed by atoms with van der Waals surface area (Å²) in [6.07, 6.45) is 0. The van der Waals surface area contributed by atoms with Crippen molar-refractivity contribution in [3.05, 3.63) is 89.5 Å². The highest BCUT2D eigenvalue weighted by atomic mass is 127. The van der Waals surface area contributed by atoms with E-state index >= 15 is 0 Å². The second-order valence-corrected chi connectivity index (χ2v) is 8.25. The molecule has 3 aromatic rings. The maximum Gasteiger partial charge on any atom is 0.288 e. The van der Waals surface area contributed by atoms with Crippen LogP contribution in [0.2, 0.25) is 0 Å². The Morgan fingerprint density at radius 1 is 0.900 bits per heavy atom. The highest BCUT2D eigenvalue weighted by Gasteiger charge is 2.21. The summed E-state index contributed by atoms with van der Waals surface area (Å²) < 4.78 is 53.1. The number of alkyl halides is 3. The van der Waals surface area contributed by atoms with Crippen LogP contribution < -0.4 is 5.32 Å². The summed E-state index contributed by atoms with van der Waals surface area (Å²) in [5.41, 5.74) is 1.92. The standard InChI is InChI=1S/C22H16F4INOS/c23-17-2-1-3-18(24)20(17)21(29)28-19(12-27)15-6-4-13(5-7-15)14-8-10-16(11-9-14)30-22(25)26/h1-11,19,22H,12H2,(H,28,29). The first-order chi connectivity index (χ1) is 14.4. The molecule has 0 aromatic heterocycles. The molecule has 8 heteroatoms. The number of hydrogen-bond acceptors (Lipinski definition) is 2. The summed E-state index contributed by atoms with van der Waals surface area (Å²) in [6.45, 7) is 0. The zero-order valence-corrected chi connectivity index (χ0v) is 18.4. The van der Waals surface area contributed by atoms with Crippen molar-refractivity contribution >= 4 is 40.3 Å². The second-order valence-electron chi connectivity index (χ2n) is 6.30. The number of nitrogens with one attached hydrogen (secondary N) is 1. The first kappa shape index (κ1) is 22.6. The molecule has 0 aliphatic rings. The lowest BCUT2D eigenvalue weighted by molar-refractivity contribution is 0.0932. The molecule has 1 atom stereocenters. The number of benzene rings is 3. The van der Waals surface area contributed by atoms with Gasteiger partial charge in [0.05, 0.1) is 6.04 Å². The molecule has 0 heterocycles. The Labute approximate surface area is 189 Å². The average molecular weight is 545 g/mol. The largest absolute Gasteiger partial charge is 0.344 e. The van der Waals surface area contributed by atoms with Gasteiger partial charge in [0.1, 0.15) is 17.2 Å². The number of rotatable bonds is 7. The molecule has 0 spiro atoms. The Kier molecular flexibility index (Phi) is 7.76. The molecule has 0 saturated carbocycles. The van der Waals surface area contributed by atoms with E-state index in [9.17, 15) is 22.4 Å². The fourth-order valence-electron chi connectivity index (χ4n) is 2.89. The van der Waals surface area contributed by atoms with Crippen LogP contribution in [-0.2, 0) is 0 Å². The lowest BCUT2D eigenvalue weighted by atomic mass is 10.0. The molecule has 0 aliphatic heterocycles. The Morgan fingerprint density at radius 2 is 1.43 bits per heavy atom. The second kappa shape index (κ2) is 10.3. The number of hydrogen-bond donors (Lipinski definition) is 1. The van der Waals surface area contributed by atoms with Gasteiger partial charge in [-0.3, -0.25) is 4.79 Å².